The van der Waals surface area contributed by atoms with Crippen LogP contribution in [0.3, 0.4) is 0 Å². The van der Waals surface area contributed by atoms with Gasteiger partial charge in [-0.05, 0) is 23.3 Å². The van der Waals surface area contributed by atoms with Crippen molar-refractivity contribution in [2.24, 2.45) is 0 Å². The molecule has 0 saturated carbocycles. The molecule has 2 atom stereocenters. The fourth-order valence-electron chi connectivity index (χ4n) is 1.24. The number of aliphatic hydroxyl groups is 4. The molecule has 0 aromatic heterocycles. The van der Waals surface area contributed by atoms with Crippen molar-refractivity contribution in [3.05, 3.63) is 35.4 Å². The van der Waals surface area contributed by atoms with Crippen molar-refractivity contribution in [2.75, 3.05) is 13.2 Å². The zero-order valence-electron chi connectivity index (χ0n) is 7.59. The van der Waals surface area contributed by atoms with Gasteiger partial charge in [0.2, 0.25) is 0 Å². The smallest absolute Gasteiger partial charge is 0.102 e. The third-order valence-electron chi connectivity index (χ3n) is 2.00. The first-order valence-electron chi connectivity index (χ1n) is 4.28. The van der Waals surface area contributed by atoms with Crippen LogP contribution in [0.5, 0.6) is 0 Å². The maximum Gasteiger partial charge on any atom is 0.102 e. The molecule has 0 fully saturated rings. The topological polar surface area (TPSA) is 80.9 Å². The number of hydrogen-bond donors (Lipinski definition) is 4. The fourth-order valence-corrected chi connectivity index (χ4v) is 1.24. The van der Waals surface area contributed by atoms with E-state index >= 15 is 0 Å². The Morgan fingerprint density at radius 2 is 1.64 bits per heavy atom. The van der Waals surface area contributed by atoms with Gasteiger partial charge in [-0.1, -0.05) is 12.1 Å². The van der Waals surface area contributed by atoms with Crippen molar-refractivity contribution in [3.63, 3.8) is 0 Å². The molecule has 4 nitrogen and oxygen atoms in total. The predicted octanol–water partition coefficient (Wildman–Crippen LogP) is -0.462. The second-order valence-corrected chi connectivity index (χ2v) is 2.95. The van der Waals surface area contributed by atoms with Crippen LogP contribution in [0.1, 0.15) is 23.3 Å². The normalized spacial score (nSPS) is 15.1. The molecular formula is C10H13O4. The molecular weight excluding hydrogens is 184 g/mol. The van der Waals surface area contributed by atoms with Crippen molar-refractivity contribution in [1.82, 2.24) is 0 Å². The lowest BCUT2D eigenvalue weighted by Crippen LogP contribution is -2.11. The molecule has 1 rings (SSSR count). The van der Waals surface area contributed by atoms with Gasteiger partial charge in [0.15, 0.2) is 0 Å². The third-order valence-corrected chi connectivity index (χ3v) is 2.00. The number of benzene rings is 1. The van der Waals surface area contributed by atoms with E-state index in [9.17, 15) is 10.2 Å². The minimum atomic E-state index is -1.05. The van der Waals surface area contributed by atoms with E-state index in [0.29, 0.717) is 11.1 Å². The summed E-state index contributed by atoms with van der Waals surface area (Å²) in [4.78, 5) is 0. The van der Waals surface area contributed by atoms with Gasteiger partial charge in [0.1, 0.15) is 12.2 Å². The third kappa shape index (κ3) is 2.30. The van der Waals surface area contributed by atoms with E-state index in [1.165, 1.54) is 6.07 Å². The molecule has 1 aromatic rings. The second kappa shape index (κ2) is 5.07. The lowest BCUT2D eigenvalue weighted by Gasteiger charge is -2.16. The van der Waals surface area contributed by atoms with E-state index in [1.54, 1.807) is 12.1 Å². The summed E-state index contributed by atoms with van der Waals surface area (Å²) in [5.74, 6) is 0. The Morgan fingerprint density at radius 3 is 2.21 bits per heavy atom. The van der Waals surface area contributed by atoms with Crippen LogP contribution in [0, 0.1) is 6.07 Å². The van der Waals surface area contributed by atoms with Gasteiger partial charge in [0.25, 0.3) is 0 Å². The monoisotopic (exact) mass is 197 g/mol. The molecule has 14 heavy (non-hydrogen) atoms. The quantitative estimate of drug-likeness (QED) is 0.526. The first-order chi connectivity index (χ1) is 6.70. The summed E-state index contributed by atoms with van der Waals surface area (Å²) >= 11 is 0. The molecule has 0 heterocycles. The molecule has 4 N–H and O–H groups in total. The summed E-state index contributed by atoms with van der Waals surface area (Å²) in [7, 11) is 0. The lowest BCUT2D eigenvalue weighted by molar-refractivity contribution is 0.0775. The van der Waals surface area contributed by atoms with Gasteiger partial charge >= 0.3 is 0 Å². The minimum absolute atomic E-state index is 0.386. The van der Waals surface area contributed by atoms with Gasteiger partial charge in [-0.2, -0.15) is 0 Å². The van der Waals surface area contributed by atoms with Crippen LogP contribution < -0.4 is 0 Å². The highest BCUT2D eigenvalue weighted by molar-refractivity contribution is 5.30. The zero-order chi connectivity index (χ0) is 10.6. The highest BCUT2D eigenvalue weighted by Gasteiger charge is 2.15. The van der Waals surface area contributed by atoms with Crippen molar-refractivity contribution in [2.45, 2.75) is 12.2 Å². The Morgan fingerprint density at radius 1 is 1.07 bits per heavy atom. The van der Waals surface area contributed by atoms with E-state index in [0.717, 1.165) is 0 Å². The molecule has 0 bridgehead atoms. The van der Waals surface area contributed by atoms with Gasteiger partial charge in [0.05, 0.1) is 13.2 Å². The van der Waals surface area contributed by atoms with Crippen molar-refractivity contribution in [1.29, 1.82) is 0 Å². The minimum Gasteiger partial charge on any atom is -0.393 e. The largest absolute Gasteiger partial charge is 0.393 e. The van der Waals surface area contributed by atoms with E-state index in [2.05, 4.69) is 6.07 Å². The fraction of sp³-hybridized carbons (Fsp3) is 0.400. The van der Waals surface area contributed by atoms with Crippen molar-refractivity contribution >= 4 is 0 Å². The summed E-state index contributed by atoms with van der Waals surface area (Å²) in [5, 5.41) is 36.3. The van der Waals surface area contributed by atoms with Gasteiger partial charge in [-0.15, -0.1) is 0 Å². The van der Waals surface area contributed by atoms with Gasteiger partial charge < -0.3 is 20.4 Å². The van der Waals surface area contributed by atoms with Crippen molar-refractivity contribution in [3.8, 4) is 0 Å². The van der Waals surface area contributed by atoms with E-state index in [4.69, 9.17) is 10.2 Å². The Labute approximate surface area is 82.1 Å². The molecule has 1 aromatic carbocycles. The Hall–Kier alpha value is -0.940. The molecule has 1 radical (unpaired) electrons. The highest BCUT2D eigenvalue weighted by atomic mass is 16.3. The first-order valence-corrected chi connectivity index (χ1v) is 4.28. The molecule has 0 saturated heterocycles. The van der Waals surface area contributed by atoms with E-state index in [-0.39, 0.29) is 0 Å². The van der Waals surface area contributed by atoms with Crippen LogP contribution in [-0.2, 0) is 0 Å². The molecule has 0 aliphatic rings. The molecule has 0 amide bonds. The summed E-state index contributed by atoms with van der Waals surface area (Å²) < 4.78 is 0. The lowest BCUT2D eigenvalue weighted by atomic mass is 9.99. The van der Waals surface area contributed by atoms with Crippen LogP contribution in [0.25, 0.3) is 0 Å². The number of aliphatic hydroxyl groups excluding tert-OH is 4. The van der Waals surface area contributed by atoms with Crippen LogP contribution in [0.2, 0.25) is 0 Å². The molecule has 0 spiro atoms. The zero-order valence-corrected chi connectivity index (χ0v) is 7.59. The summed E-state index contributed by atoms with van der Waals surface area (Å²) in [5.41, 5.74) is 0.796. The first kappa shape index (κ1) is 11.1. The predicted molar refractivity (Wildman–Crippen MR) is 49.4 cm³/mol. The maximum atomic E-state index is 9.40. The van der Waals surface area contributed by atoms with Crippen molar-refractivity contribution < 1.29 is 20.4 Å². The molecule has 0 aliphatic carbocycles. The van der Waals surface area contributed by atoms with Gasteiger partial charge in [-0.25, -0.2) is 0 Å². The average molecular weight is 197 g/mol. The van der Waals surface area contributed by atoms with Crippen LogP contribution in [0.15, 0.2) is 18.2 Å². The molecule has 0 aliphatic heterocycles. The van der Waals surface area contributed by atoms with Crippen LogP contribution >= 0.6 is 0 Å². The summed E-state index contributed by atoms with van der Waals surface area (Å²) in [6.45, 7) is -0.849. The summed E-state index contributed by atoms with van der Waals surface area (Å²) in [6, 6.07) is 7.33. The Kier molecular flexibility index (Phi) is 4.03. The van der Waals surface area contributed by atoms with E-state index in [1.807, 2.05) is 0 Å². The standard InChI is InChI=1S/C10H13O4/c11-5-9(13)7-3-1-2-4-8(7)10(14)6-12/h1,3-4,9-14H,5-6H2. The van der Waals surface area contributed by atoms with Gasteiger partial charge in [0, 0.05) is 0 Å². The molecule has 2 unspecified atom stereocenters. The summed E-state index contributed by atoms with van der Waals surface area (Å²) in [6.07, 6.45) is -2.09. The van der Waals surface area contributed by atoms with Crippen LogP contribution in [0.4, 0.5) is 0 Å². The highest BCUT2D eigenvalue weighted by Crippen LogP contribution is 2.22. The number of hydrogen-bond acceptors (Lipinski definition) is 4. The second-order valence-electron chi connectivity index (χ2n) is 2.95. The molecule has 77 valence electrons. The maximum absolute atomic E-state index is 9.40. The van der Waals surface area contributed by atoms with Gasteiger partial charge in [-0.3, -0.25) is 0 Å². The SMILES string of the molecule is OCC(O)c1c[c]ccc1C(O)CO. The number of rotatable bonds is 4. The Balaban J connectivity index is 3.02. The molecule has 4 heteroatoms. The van der Waals surface area contributed by atoms with Crippen LogP contribution in [-0.4, -0.2) is 33.6 Å². The average Bonchev–Trinajstić information content (AvgIpc) is 2.27. The Bertz CT molecular complexity index is 258. The van der Waals surface area contributed by atoms with E-state index < -0.39 is 25.4 Å².